The normalized spacial score (nSPS) is 18.1. The first kappa shape index (κ1) is 17.1. The van der Waals surface area contributed by atoms with E-state index < -0.39 is 0 Å². The van der Waals surface area contributed by atoms with Crippen LogP contribution in [0, 0.1) is 12.8 Å². The third-order valence-corrected chi connectivity index (χ3v) is 4.97. The predicted molar refractivity (Wildman–Crippen MR) is 102 cm³/mol. The summed E-state index contributed by atoms with van der Waals surface area (Å²) in [7, 11) is 0. The van der Waals surface area contributed by atoms with Crippen LogP contribution >= 0.6 is 0 Å². The second kappa shape index (κ2) is 7.15. The molecule has 2 N–H and O–H groups in total. The van der Waals surface area contributed by atoms with Gasteiger partial charge < -0.3 is 10.6 Å². The molecule has 0 radical (unpaired) electrons. The molecule has 2 atom stereocenters. The second-order valence-corrected chi connectivity index (χ2v) is 6.88. The van der Waals surface area contributed by atoms with E-state index in [4.69, 9.17) is 0 Å². The molecule has 1 fully saturated rings. The highest BCUT2D eigenvalue weighted by Gasteiger charge is 2.38. The van der Waals surface area contributed by atoms with Gasteiger partial charge >= 0.3 is 0 Å². The van der Waals surface area contributed by atoms with E-state index in [-0.39, 0.29) is 23.8 Å². The van der Waals surface area contributed by atoms with Gasteiger partial charge in [-0.2, -0.15) is 0 Å². The molecule has 1 aromatic carbocycles. The summed E-state index contributed by atoms with van der Waals surface area (Å²) >= 11 is 0. The SMILES string of the molecule is Cc1ccncc1C(=O)NCC1CC1NC(=O)c1cccc2cnccc12. The van der Waals surface area contributed by atoms with Gasteiger partial charge in [-0.3, -0.25) is 19.6 Å². The maximum absolute atomic E-state index is 12.6. The van der Waals surface area contributed by atoms with Crippen LogP contribution in [0.2, 0.25) is 0 Å². The van der Waals surface area contributed by atoms with Gasteiger partial charge in [-0.25, -0.2) is 0 Å². The van der Waals surface area contributed by atoms with E-state index in [9.17, 15) is 9.59 Å². The molecular formula is C21H20N4O2. The number of fused-ring (bicyclic) bond motifs is 1. The van der Waals surface area contributed by atoms with Gasteiger partial charge in [0.25, 0.3) is 11.8 Å². The molecule has 2 amide bonds. The molecule has 4 rings (SSSR count). The van der Waals surface area contributed by atoms with Crippen molar-refractivity contribution in [1.82, 2.24) is 20.6 Å². The number of hydrogen-bond donors (Lipinski definition) is 2. The molecular weight excluding hydrogens is 340 g/mol. The van der Waals surface area contributed by atoms with Crippen molar-refractivity contribution >= 4 is 22.6 Å². The summed E-state index contributed by atoms with van der Waals surface area (Å²) in [4.78, 5) is 33.0. The molecule has 1 saturated carbocycles. The predicted octanol–water partition coefficient (Wildman–Crippen LogP) is 2.49. The second-order valence-electron chi connectivity index (χ2n) is 6.88. The van der Waals surface area contributed by atoms with Gasteiger partial charge in [0.05, 0.1) is 5.56 Å². The maximum Gasteiger partial charge on any atom is 0.253 e. The van der Waals surface area contributed by atoms with E-state index in [0.717, 1.165) is 22.8 Å². The largest absolute Gasteiger partial charge is 0.352 e. The van der Waals surface area contributed by atoms with Crippen LogP contribution in [0.25, 0.3) is 10.8 Å². The van der Waals surface area contributed by atoms with Crippen molar-refractivity contribution in [2.75, 3.05) is 6.54 Å². The highest BCUT2D eigenvalue weighted by atomic mass is 16.2. The molecule has 0 aliphatic heterocycles. The Kier molecular flexibility index (Phi) is 4.54. The van der Waals surface area contributed by atoms with Gasteiger partial charge in [0.15, 0.2) is 0 Å². The number of hydrogen-bond acceptors (Lipinski definition) is 4. The fraction of sp³-hybridized carbons (Fsp3) is 0.238. The van der Waals surface area contributed by atoms with Crippen molar-refractivity contribution in [3.05, 3.63) is 71.8 Å². The van der Waals surface area contributed by atoms with Crippen LogP contribution < -0.4 is 10.6 Å². The smallest absolute Gasteiger partial charge is 0.253 e. The number of amides is 2. The Balaban J connectivity index is 1.34. The third-order valence-electron chi connectivity index (χ3n) is 4.97. The third kappa shape index (κ3) is 3.65. The van der Waals surface area contributed by atoms with Gasteiger partial charge in [0, 0.05) is 48.3 Å². The molecule has 0 saturated heterocycles. The number of nitrogens with one attached hydrogen (secondary N) is 2. The van der Waals surface area contributed by atoms with E-state index >= 15 is 0 Å². The van der Waals surface area contributed by atoms with Crippen LogP contribution in [0.3, 0.4) is 0 Å². The maximum atomic E-state index is 12.6. The summed E-state index contributed by atoms with van der Waals surface area (Å²) in [6.07, 6.45) is 7.55. The van der Waals surface area contributed by atoms with Gasteiger partial charge in [-0.15, -0.1) is 0 Å². The van der Waals surface area contributed by atoms with Crippen molar-refractivity contribution in [2.24, 2.45) is 5.92 Å². The van der Waals surface area contributed by atoms with Crippen LogP contribution in [0.15, 0.2) is 55.1 Å². The quantitative estimate of drug-likeness (QED) is 0.732. The van der Waals surface area contributed by atoms with Crippen LogP contribution in [0.5, 0.6) is 0 Å². The molecule has 2 unspecified atom stereocenters. The number of rotatable bonds is 5. The number of aryl methyl sites for hydroxylation is 1. The highest BCUT2D eigenvalue weighted by molar-refractivity contribution is 6.07. The van der Waals surface area contributed by atoms with E-state index in [2.05, 4.69) is 20.6 Å². The zero-order valence-electron chi connectivity index (χ0n) is 15.0. The Morgan fingerprint density at radius 1 is 1.04 bits per heavy atom. The Morgan fingerprint density at radius 3 is 2.70 bits per heavy atom. The number of benzene rings is 1. The van der Waals surface area contributed by atoms with Crippen molar-refractivity contribution < 1.29 is 9.59 Å². The van der Waals surface area contributed by atoms with Crippen molar-refractivity contribution in [1.29, 1.82) is 0 Å². The number of pyridine rings is 2. The monoisotopic (exact) mass is 360 g/mol. The minimum Gasteiger partial charge on any atom is -0.352 e. The van der Waals surface area contributed by atoms with Gasteiger partial charge in [0.1, 0.15) is 0 Å². The first-order valence-corrected chi connectivity index (χ1v) is 8.96. The number of carbonyl (C=O) groups is 2. The molecule has 27 heavy (non-hydrogen) atoms. The van der Waals surface area contributed by atoms with Crippen molar-refractivity contribution in [2.45, 2.75) is 19.4 Å². The zero-order chi connectivity index (χ0) is 18.8. The summed E-state index contributed by atoms with van der Waals surface area (Å²) in [6.45, 7) is 2.42. The Labute approximate surface area is 157 Å². The standard InChI is InChI=1S/C21H20N4O2/c1-13-5-7-23-12-18(13)20(26)24-11-15-9-19(15)25-21(27)17-4-2-3-14-10-22-8-6-16(14)17/h2-8,10,12,15,19H,9,11H2,1H3,(H,24,26)(H,25,27). The average Bonchev–Trinajstić information content (AvgIpc) is 3.43. The lowest BCUT2D eigenvalue weighted by molar-refractivity contribution is 0.0950. The lowest BCUT2D eigenvalue weighted by Crippen LogP contribution is -2.31. The van der Waals surface area contributed by atoms with Crippen molar-refractivity contribution in [3.8, 4) is 0 Å². The summed E-state index contributed by atoms with van der Waals surface area (Å²) in [5.41, 5.74) is 2.13. The molecule has 0 bridgehead atoms. The lowest BCUT2D eigenvalue weighted by Gasteiger charge is -2.09. The minimum atomic E-state index is -0.126. The summed E-state index contributed by atoms with van der Waals surface area (Å²) in [5, 5.41) is 7.83. The minimum absolute atomic E-state index is 0.0879. The van der Waals surface area contributed by atoms with E-state index in [1.165, 1.54) is 0 Å². The van der Waals surface area contributed by atoms with E-state index in [1.54, 1.807) is 24.8 Å². The molecule has 6 heteroatoms. The Morgan fingerprint density at radius 2 is 1.85 bits per heavy atom. The van der Waals surface area contributed by atoms with E-state index in [1.807, 2.05) is 37.3 Å². The molecule has 2 heterocycles. The number of carbonyl (C=O) groups excluding carboxylic acids is 2. The molecule has 3 aromatic rings. The van der Waals surface area contributed by atoms with Gasteiger partial charge in [-0.05, 0) is 48.4 Å². The van der Waals surface area contributed by atoms with E-state index in [0.29, 0.717) is 17.7 Å². The zero-order valence-corrected chi connectivity index (χ0v) is 15.0. The Bertz CT molecular complexity index is 1010. The van der Waals surface area contributed by atoms with Gasteiger partial charge in [0.2, 0.25) is 0 Å². The Hall–Kier alpha value is -3.28. The molecule has 0 spiro atoms. The summed E-state index contributed by atoms with van der Waals surface area (Å²) in [6, 6.07) is 9.38. The average molecular weight is 360 g/mol. The molecule has 136 valence electrons. The number of aromatic nitrogens is 2. The van der Waals surface area contributed by atoms with Crippen molar-refractivity contribution in [3.63, 3.8) is 0 Å². The summed E-state index contributed by atoms with van der Waals surface area (Å²) in [5.74, 6) is 0.0411. The number of nitrogens with zero attached hydrogens (tertiary/aromatic N) is 2. The molecule has 6 nitrogen and oxygen atoms in total. The highest BCUT2D eigenvalue weighted by Crippen LogP contribution is 2.30. The van der Waals surface area contributed by atoms with Crippen LogP contribution in [0.4, 0.5) is 0 Å². The molecule has 2 aromatic heterocycles. The topological polar surface area (TPSA) is 84.0 Å². The molecule has 1 aliphatic carbocycles. The van der Waals surface area contributed by atoms with Crippen LogP contribution in [-0.4, -0.2) is 34.4 Å². The lowest BCUT2D eigenvalue weighted by atomic mass is 10.1. The first-order chi connectivity index (χ1) is 13.1. The van der Waals surface area contributed by atoms with Crippen LogP contribution in [-0.2, 0) is 0 Å². The van der Waals surface area contributed by atoms with Crippen LogP contribution in [0.1, 0.15) is 32.7 Å². The molecule has 1 aliphatic rings. The fourth-order valence-electron chi connectivity index (χ4n) is 3.24. The fourth-order valence-corrected chi connectivity index (χ4v) is 3.24. The first-order valence-electron chi connectivity index (χ1n) is 8.96. The van der Waals surface area contributed by atoms with Gasteiger partial charge in [-0.1, -0.05) is 12.1 Å². The summed E-state index contributed by atoms with van der Waals surface area (Å²) < 4.78 is 0.